The zero-order valence-electron chi connectivity index (χ0n) is 15.6. The number of benzene rings is 2. The number of anilines is 2. The first kappa shape index (κ1) is 21.8. The van der Waals surface area contributed by atoms with E-state index in [0.717, 1.165) is 11.3 Å². The Balaban J connectivity index is 1.80. The molecule has 0 atom stereocenters. The molecule has 0 radical (unpaired) electrons. The highest BCUT2D eigenvalue weighted by atomic mass is 35.5. The summed E-state index contributed by atoms with van der Waals surface area (Å²) in [7, 11) is -3.94. The Morgan fingerprint density at radius 1 is 1.13 bits per heavy atom. The monoisotopic (exact) mass is 465 g/mol. The van der Waals surface area contributed by atoms with E-state index in [1.54, 1.807) is 19.1 Å². The molecule has 2 aromatic carbocycles. The Bertz CT molecular complexity index is 1180. The number of hydrogen-bond acceptors (Lipinski definition) is 7. The minimum absolute atomic E-state index is 0.00103. The largest absolute Gasteiger partial charge is 0.461 e. The van der Waals surface area contributed by atoms with Crippen LogP contribution in [0.5, 0.6) is 0 Å². The molecule has 0 saturated heterocycles. The van der Waals surface area contributed by atoms with E-state index in [0.29, 0.717) is 5.02 Å². The van der Waals surface area contributed by atoms with Crippen LogP contribution in [0.1, 0.15) is 27.8 Å². The molecule has 1 heterocycles. The van der Waals surface area contributed by atoms with Crippen molar-refractivity contribution < 1.29 is 22.7 Å². The zero-order valence-corrected chi connectivity index (χ0v) is 18.0. The van der Waals surface area contributed by atoms with Crippen LogP contribution in [0.15, 0.2) is 58.8 Å². The average molecular weight is 466 g/mol. The summed E-state index contributed by atoms with van der Waals surface area (Å²) >= 11 is 6.85. The van der Waals surface area contributed by atoms with E-state index in [-0.39, 0.29) is 33.6 Å². The van der Waals surface area contributed by atoms with Gasteiger partial charge in [0.25, 0.3) is 15.9 Å². The summed E-state index contributed by atoms with van der Waals surface area (Å²) < 4.78 is 32.5. The summed E-state index contributed by atoms with van der Waals surface area (Å²) in [6.07, 6.45) is 0. The van der Waals surface area contributed by atoms with Gasteiger partial charge in [-0.2, -0.15) is 0 Å². The number of thiazole rings is 1. The number of ether oxygens (including phenoxy) is 1. The molecule has 2 N–H and O–H groups in total. The van der Waals surface area contributed by atoms with E-state index in [1.807, 2.05) is 0 Å². The zero-order chi connectivity index (χ0) is 21.7. The van der Waals surface area contributed by atoms with E-state index in [4.69, 9.17) is 16.3 Å². The SMILES string of the molecule is CCOC(=O)c1csc(NC(=O)c2ccccc2NS(=O)(=O)c2ccc(Cl)cc2)n1. The molecule has 0 unspecified atom stereocenters. The van der Waals surface area contributed by atoms with Gasteiger partial charge in [0.2, 0.25) is 0 Å². The summed E-state index contributed by atoms with van der Waals surface area (Å²) in [5.41, 5.74) is 0.254. The van der Waals surface area contributed by atoms with Crippen molar-refractivity contribution >= 4 is 55.7 Å². The molecule has 0 aliphatic heterocycles. The lowest BCUT2D eigenvalue weighted by atomic mass is 10.2. The molecule has 30 heavy (non-hydrogen) atoms. The van der Waals surface area contributed by atoms with E-state index in [1.165, 1.54) is 41.8 Å². The highest BCUT2D eigenvalue weighted by Gasteiger charge is 2.20. The second-order valence-electron chi connectivity index (χ2n) is 5.82. The number of rotatable bonds is 7. The first-order valence-electron chi connectivity index (χ1n) is 8.61. The number of carbonyl (C=O) groups is 2. The van der Waals surface area contributed by atoms with Crippen molar-refractivity contribution in [2.45, 2.75) is 11.8 Å². The fourth-order valence-electron chi connectivity index (χ4n) is 2.38. The van der Waals surface area contributed by atoms with E-state index in [9.17, 15) is 18.0 Å². The van der Waals surface area contributed by atoms with Crippen LogP contribution < -0.4 is 10.0 Å². The first-order chi connectivity index (χ1) is 14.3. The second-order valence-corrected chi connectivity index (χ2v) is 8.79. The van der Waals surface area contributed by atoms with Gasteiger partial charge in [-0.1, -0.05) is 23.7 Å². The summed E-state index contributed by atoms with van der Waals surface area (Å²) in [5, 5.41) is 4.60. The fourth-order valence-corrected chi connectivity index (χ4v) is 4.26. The highest BCUT2D eigenvalue weighted by molar-refractivity contribution is 7.92. The number of esters is 1. The quantitative estimate of drug-likeness (QED) is 0.509. The van der Waals surface area contributed by atoms with Crippen molar-refractivity contribution in [3.8, 4) is 0 Å². The van der Waals surface area contributed by atoms with Crippen molar-refractivity contribution in [2.75, 3.05) is 16.6 Å². The fraction of sp³-hybridized carbons (Fsp3) is 0.105. The van der Waals surface area contributed by atoms with Crippen LogP contribution in [-0.4, -0.2) is 31.9 Å². The van der Waals surface area contributed by atoms with Gasteiger partial charge < -0.3 is 4.74 Å². The molecule has 3 aromatic rings. The number of nitrogens with one attached hydrogen (secondary N) is 2. The molecule has 0 aliphatic carbocycles. The van der Waals surface area contributed by atoms with Crippen LogP contribution in [-0.2, 0) is 14.8 Å². The molecule has 11 heteroatoms. The third kappa shape index (κ3) is 5.15. The van der Waals surface area contributed by atoms with Gasteiger partial charge in [-0.25, -0.2) is 18.2 Å². The number of sulfonamides is 1. The lowest BCUT2D eigenvalue weighted by molar-refractivity contribution is 0.0520. The summed E-state index contributed by atoms with van der Waals surface area (Å²) in [5.74, 6) is -1.18. The smallest absolute Gasteiger partial charge is 0.357 e. The lowest BCUT2D eigenvalue weighted by Crippen LogP contribution is -2.18. The normalized spacial score (nSPS) is 11.0. The Hall–Kier alpha value is -2.95. The molecule has 8 nitrogen and oxygen atoms in total. The van der Waals surface area contributed by atoms with Crippen LogP contribution in [0.3, 0.4) is 0 Å². The van der Waals surface area contributed by atoms with Gasteiger partial charge in [0, 0.05) is 10.4 Å². The van der Waals surface area contributed by atoms with Gasteiger partial charge in [-0.05, 0) is 43.3 Å². The maximum Gasteiger partial charge on any atom is 0.357 e. The van der Waals surface area contributed by atoms with E-state index < -0.39 is 21.9 Å². The molecular formula is C19H16ClN3O5S2. The molecule has 0 spiro atoms. The molecule has 0 fully saturated rings. The summed E-state index contributed by atoms with van der Waals surface area (Å²) in [6.45, 7) is 1.88. The number of hydrogen-bond donors (Lipinski definition) is 2. The number of carbonyl (C=O) groups excluding carboxylic acids is 2. The van der Waals surface area contributed by atoms with Crippen LogP contribution in [0.4, 0.5) is 10.8 Å². The van der Waals surface area contributed by atoms with E-state index in [2.05, 4.69) is 15.0 Å². The molecule has 0 aliphatic rings. The van der Waals surface area contributed by atoms with Crippen molar-refractivity contribution in [3.05, 3.63) is 70.2 Å². The predicted molar refractivity (Wildman–Crippen MR) is 115 cm³/mol. The number of nitrogens with zero attached hydrogens (tertiary/aromatic N) is 1. The molecule has 0 bridgehead atoms. The van der Waals surface area contributed by atoms with Gasteiger partial charge >= 0.3 is 5.97 Å². The number of para-hydroxylation sites is 1. The van der Waals surface area contributed by atoms with Crippen LogP contribution in [0.25, 0.3) is 0 Å². The van der Waals surface area contributed by atoms with Gasteiger partial charge in [0.15, 0.2) is 10.8 Å². The number of halogens is 1. The van der Waals surface area contributed by atoms with Gasteiger partial charge in [0.1, 0.15) is 0 Å². The van der Waals surface area contributed by atoms with Crippen LogP contribution in [0.2, 0.25) is 5.02 Å². The third-order valence-corrected chi connectivity index (χ3v) is 6.14. The summed E-state index contributed by atoms with van der Waals surface area (Å²) in [4.78, 5) is 28.4. The molecule has 1 aromatic heterocycles. The molecule has 0 saturated carbocycles. The maximum atomic E-state index is 12.7. The minimum Gasteiger partial charge on any atom is -0.461 e. The van der Waals surface area contributed by atoms with Crippen molar-refractivity contribution in [2.24, 2.45) is 0 Å². The van der Waals surface area contributed by atoms with Crippen molar-refractivity contribution in [1.29, 1.82) is 0 Å². The Morgan fingerprint density at radius 3 is 2.53 bits per heavy atom. The van der Waals surface area contributed by atoms with Crippen molar-refractivity contribution in [1.82, 2.24) is 4.98 Å². The van der Waals surface area contributed by atoms with Crippen LogP contribution in [0, 0.1) is 0 Å². The topological polar surface area (TPSA) is 114 Å². The predicted octanol–water partition coefficient (Wildman–Crippen LogP) is 4.03. The average Bonchev–Trinajstić information content (AvgIpc) is 3.17. The Labute approximate surface area is 181 Å². The number of amides is 1. The van der Waals surface area contributed by atoms with Gasteiger partial charge in [-0.15, -0.1) is 11.3 Å². The molecule has 1 amide bonds. The van der Waals surface area contributed by atoms with E-state index >= 15 is 0 Å². The second kappa shape index (κ2) is 9.24. The molecule has 156 valence electrons. The van der Waals surface area contributed by atoms with Crippen LogP contribution >= 0.6 is 22.9 Å². The molecule has 3 rings (SSSR count). The maximum absolute atomic E-state index is 12.7. The van der Waals surface area contributed by atoms with Gasteiger partial charge in [0.05, 0.1) is 22.8 Å². The van der Waals surface area contributed by atoms with Crippen molar-refractivity contribution in [3.63, 3.8) is 0 Å². The first-order valence-corrected chi connectivity index (χ1v) is 11.4. The minimum atomic E-state index is -3.94. The molecular weight excluding hydrogens is 450 g/mol. The lowest BCUT2D eigenvalue weighted by Gasteiger charge is -2.12. The van der Waals surface area contributed by atoms with Gasteiger partial charge in [-0.3, -0.25) is 14.8 Å². The standard InChI is InChI=1S/C19H16ClN3O5S2/c1-2-28-18(25)16-11-29-19(21-16)22-17(24)14-5-3-4-6-15(14)23-30(26,27)13-9-7-12(20)8-10-13/h3-11,23H,2H2,1H3,(H,21,22,24). The Kier molecular flexibility index (Phi) is 6.70. The number of aromatic nitrogens is 1. The Morgan fingerprint density at radius 2 is 1.83 bits per heavy atom. The third-order valence-electron chi connectivity index (χ3n) is 3.75. The summed E-state index contributed by atoms with van der Waals surface area (Å²) in [6, 6.07) is 11.8. The highest BCUT2D eigenvalue weighted by Crippen LogP contribution is 2.23.